The molecule has 5 rings (SSSR count). The van der Waals surface area contributed by atoms with Crippen molar-refractivity contribution in [1.82, 2.24) is 15.1 Å². The molecule has 2 heterocycles. The van der Waals surface area contributed by atoms with Crippen molar-refractivity contribution in [3.8, 4) is 0 Å². The standard InChI is InChI=1S/C28H27F3N4O/c1-2-18-7-11-21(12-8-18)24-16-25(28(29,30)31)35-26(34-24)23(17-33-35)27(36)32-14-13-19-9-10-20-5-3-4-6-22(20)15-19/h3-12,15,17,24-25,34H,2,13-14,16H2,1H3,(H,32,36). The van der Waals surface area contributed by atoms with Crippen LogP contribution >= 0.6 is 0 Å². The number of hydrogen-bond acceptors (Lipinski definition) is 3. The molecular weight excluding hydrogens is 465 g/mol. The largest absolute Gasteiger partial charge is 0.410 e. The molecule has 1 amide bonds. The van der Waals surface area contributed by atoms with Gasteiger partial charge < -0.3 is 10.6 Å². The van der Waals surface area contributed by atoms with Gasteiger partial charge >= 0.3 is 6.18 Å². The van der Waals surface area contributed by atoms with E-state index in [4.69, 9.17) is 0 Å². The van der Waals surface area contributed by atoms with E-state index in [1.807, 2.05) is 67.6 Å². The summed E-state index contributed by atoms with van der Waals surface area (Å²) in [5.74, 6) is -0.358. The van der Waals surface area contributed by atoms with Gasteiger partial charge in [0.25, 0.3) is 5.91 Å². The van der Waals surface area contributed by atoms with Gasteiger partial charge in [-0.05, 0) is 40.3 Å². The second-order valence-corrected chi connectivity index (χ2v) is 9.12. The number of halogens is 3. The van der Waals surface area contributed by atoms with Crippen LogP contribution in [0.3, 0.4) is 0 Å². The highest BCUT2D eigenvalue weighted by molar-refractivity contribution is 5.99. The molecule has 0 radical (unpaired) electrons. The molecule has 36 heavy (non-hydrogen) atoms. The Morgan fingerprint density at radius 3 is 2.50 bits per heavy atom. The number of alkyl halides is 3. The van der Waals surface area contributed by atoms with E-state index in [1.165, 1.54) is 6.20 Å². The average molecular weight is 493 g/mol. The topological polar surface area (TPSA) is 59.0 Å². The summed E-state index contributed by atoms with van der Waals surface area (Å²) in [6.07, 6.45) is -2.03. The second-order valence-electron chi connectivity index (χ2n) is 9.12. The second kappa shape index (κ2) is 9.68. The Labute approximate surface area is 207 Å². The Morgan fingerprint density at radius 1 is 1.06 bits per heavy atom. The number of carbonyl (C=O) groups excluding carboxylic acids is 1. The molecule has 8 heteroatoms. The van der Waals surface area contributed by atoms with Crippen molar-refractivity contribution in [1.29, 1.82) is 0 Å². The SMILES string of the molecule is CCc1ccc(C2CC(C(F)(F)F)n3ncc(C(=O)NCCc4ccc5ccccc5c4)c3N2)cc1. The maximum absolute atomic E-state index is 14.0. The highest BCUT2D eigenvalue weighted by Crippen LogP contribution is 2.44. The first-order valence-electron chi connectivity index (χ1n) is 12.1. The van der Waals surface area contributed by atoms with Crippen LogP contribution in [0.2, 0.25) is 0 Å². The Hall–Kier alpha value is -3.81. The zero-order valence-electron chi connectivity index (χ0n) is 19.8. The highest BCUT2D eigenvalue weighted by Gasteiger charge is 2.47. The number of fused-ring (bicyclic) bond motifs is 2. The molecule has 0 saturated carbocycles. The Balaban J connectivity index is 1.33. The number of hydrogen-bond donors (Lipinski definition) is 2. The number of aryl methyl sites for hydroxylation is 1. The number of amides is 1. The summed E-state index contributed by atoms with van der Waals surface area (Å²) in [6.45, 7) is 2.38. The van der Waals surface area contributed by atoms with Crippen molar-refractivity contribution < 1.29 is 18.0 Å². The molecule has 1 aliphatic rings. The van der Waals surface area contributed by atoms with Crippen LogP contribution in [0.25, 0.3) is 10.8 Å². The van der Waals surface area contributed by atoms with Gasteiger partial charge in [-0.1, -0.05) is 73.7 Å². The maximum Gasteiger partial charge on any atom is 0.410 e. The van der Waals surface area contributed by atoms with Gasteiger partial charge in [0.2, 0.25) is 0 Å². The minimum Gasteiger partial charge on any atom is -0.363 e. The molecule has 2 atom stereocenters. The van der Waals surface area contributed by atoms with Gasteiger partial charge in [0.1, 0.15) is 11.4 Å². The van der Waals surface area contributed by atoms with Crippen molar-refractivity contribution in [2.24, 2.45) is 0 Å². The van der Waals surface area contributed by atoms with E-state index >= 15 is 0 Å². The molecule has 3 aromatic carbocycles. The van der Waals surface area contributed by atoms with Gasteiger partial charge in [0.15, 0.2) is 6.04 Å². The van der Waals surface area contributed by atoms with Crippen LogP contribution in [0.5, 0.6) is 0 Å². The smallest absolute Gasteiger partial charge is 0.363 e. The molecule has 0 spiro atoms. The van der Waals surface area contributed by atoms with Gasteiger partial charge in [-0.25, -0.2) is 4.68 Å². The fourth-order valence-electron chi connectivity index (χ4n) is 4.74. The highest BCUT2D eigenvalue weighted by atomic mass is 19.4. The predicted octanol–water partition coefficient (Wildman–Crippen LogP) is 6.23. The molecule has 1 aliphatic heterocycles. The zero-order chi connectivity index (χ0) is 25.3. The summed E-state index contributed by atoms with van der Waals surface area (Å²) in [4.78, 5) is 13.0. The molecule has 0 bridgehead atoms. The lowest BCUT2D eigenvalue weighted by Gasteiger charge is -2.34. The summed E-state index contributed by atoms with van der Waals surface area (Å²) in [5.41, 5.74) is 3.03. The van der Waals surface area contributed by atoms with Crippen molar-refractivity contribution in [2.75, 3.05) is 11.9 Å². The van der Waals surface area contributed by atoms with Crippen LogP contribution in [0, 0.1) is 0 Å². The van der Waals surface area contributed by atoms with Crippen molar-refractivity contribution in [3.63, 3.8) is 0 Å². The fourth-order valence-corrected chi connectivity index (χ4v) is 4.74. The van der Waals surface area contributed by atoms with Crippen LogP contribution in [0.1, 0.15) is 52.5 Å². The molecule has 5 nitrogen and oxygen atoms in total. The Kier molecular flexibility index (Phi) is 6.43. The van der Waals surface area contributed by atoms with Crippen LogP contribution in [-0.4, -0.2) is 28.4 Å². The Bertz CT molecular complexity index is 1380. The first-order valence-corrected chi connectivity index (χ1v) is 12.1. The van der Waals surface area contributed by atoms with E-state index in [-0.39, 0.29) is 17.8 Å². The van der Waals surface area contributed by atoms with E-state index in [2.05, 4.69) is 21.8 Å². The fraction of sp³-hybridized carbons (Fsp3) is 0.286. The number of anilines is 1. The van der Waals surface area contributed by atoms with Gasteiger partial charge in [-0.2, -0.15) is 18.3 Å². The number of rotatable bonds is 6. The molecule has 2 N–H and O–H groups in total. The minimum atomic E-state index is -4.49. The van der Waals surface area contributed by atoms with Gasteiger partial charge in [0, 0.05) is 13.0 Å². The van der Waals surface area contributed by atoms with E-state index < -0.39 is 24.2 Å². The lowest BCUT2D eigenvalue weighted by Crippen LogP contribution is -2.36. The zero-order valence-corrected chi connectivity index (χ0v) is 19.8. The lowest BCUT2D eigenvalue weighted by molar-refractivity contribution is -0.173. The third-order valence-electron chi connectivity index (χ3n) is 6.79. The number of carbonyl (C=O) groups is 1. The lowest BCUT2D eigenvalue weighted by atomic mass is 9.95. The van der Waals surface area contributed by atoms with E-state index in [0.717, 1.165) is 38.6 Å². The van der Waals surface area contributed by atoms with Crippen LogP contribution in [-0.2, 0) is 12.8 Å². The Morgan fingerprint density at radius 2 is 1.78 bits per heavy atom. The molecule has 0 saturated heterocycles. The average Bonchev–Trinajstić information content (AvgIpc) is 3.31. The molecule has 1 aromatic heterocycles. The molecule has 2 unspecified atom stereocenters. The maximum atomic E-state index is 14.0. The molecular formula is C28H27F3N4O. The first kappa shape index (κ1) is 23.9. The third-order valence-corrected chi connectivity index (χ3v) is 6.79. The van der Waals surface area contributed by atoms with E-state index in [0.29, 0.717) is 13.0 Å². The van der Waals surface area contributed by atoms with Crippen LogP contribution in [0.15, 0.2) is 72.9 Å². The summed E-state index contributed by atoms with van der Waals surface area (Å²) in [7, 11) is 0. The quantitative estimate of drug-likeness (QED) is 0.335. The summed E-state index contributed by atoms with van der Waals surface area (Å²) >= 11 is 0. The predicted molar refractivity (Wildman–Crippen MR) is 134 cm³/mol. The van der Waals surface area contributed by atoms with Crippen molar-refractivity contribution in [3.05, 3.63) is 95.2 Å². The summed E-state index contributed by atoms with van der Waals surface area (Å²) in [6, 6.07) is 19.3. The van der Waals surface area contributed by atoms with Gasteiger partial charge in [0.05, 0.1) is 12.2 Å². The summed E-state index contributed by atoms with van der Waals surface area (Å²) < 4.78 is 42.7. The minimum absolute atomic E-state index is 0.0938. The molecule has 4 aromatic rings. The van der Waals surface area contributed by atoms with Gasteiger partial charge in [-0.15, -0.1) is 0 Å². The van der Waals surface area contributed by atoms with Crippen LogP contribution in [0.4, 0.5) is 19.0 Å². The third kappa shape index (κ3) is 4.80. The first-order chi connectivity index (χ1) is 17.3. The van der Waals surface area contributed by atoms with Crippen LogP contribution < -0.4 is 10.6 Å². The van der Waals surface area contributed by atoms with Gasteiger partial charge in [-0.3, -0.25) is 4.79 Å². The van der Waals surface area contributed by atoms with E-state index in [9.17, 15) is 18.0 Å². The molecule has 186 valence electrons. The van der Waals surface area contributed by atoms with Crippen molar-refractivity contribution in [2.45, 2.75) is 44.4 Å². The number of nitrogens with one attached hydrogen (secondary N) is 2. The van der Waals surface area contributed by atoms with E-state index in [1.54, 1.807) is 0 Å². The monoisotopic (exact) mass is 492 g/mol. The summed E-state index contributed by atoms with van der Waals surface area (Å²) in [5, 5.41) is 12.2. The number of aromatic nitrogens is 2. The number of benzene rings is 3. The normalized spacial score (nSPS) is 17.4. The van der Waals surface area contributed by atoms with Crippen molar-refractivity contribution >= 4 is 22.5 Å². The molecule has 0 fully saturated rings. The molecule has 0 aliphatic carbocycles. The number of nitrogens with zero attached hydrogens (tertiary/aromatic N) is 2.